The molecule has 1 saturated heterocycles. The molecule has 3 aromatic rings. The summed E-state index contributed by atoms with van der Waals surface area (Å²) in [4.78, 5) is 20.3. The van der Waals surface area contributed by atoms with E-state index in [2.05, 4.69) is 26.6 Å². The van der Waals surface area contributed by atoms with Crippen LogP contribution >= 0.6 is 0 Å². The number of aromatic nitrogens is 2. The van der Waals surface area contributed by atoms with Gasteiger partial charge in [0.25, 0.3) is 0 Å². The Balaban J connectivity index is 1.31. The number of hydrogen-bond donors (Lipinski definition) is 1. The number of nitrogens with zero attached hydrogens (tertiary/aromatic N) is 4. The largest absolute Gasteiger partial charge is 0.494 e. The monoisotopic (exact) mass is 492 g/mol. The van der Waals surface area contributed by atoms with Crippen molar-refractivity contribution in [2.24, 2.45) is 0 Å². The van der Waals surface area contributed by atoms with Gasteiger partial charge in [0.2, 0.25) is 5.91 Å². The van der Waals surface area contributed by atoms with Crippen LogP contribution in [-0.4, -0.2) is 75.4 Å². The van der Waals surface area contributed by atoms with Crippen molar-refractivity contribution in [1.82, 2.24) is 19.4 Å². The number of benzene rings is 2. The van der Waals surface area contributed by atoms with Crippen LogP contribution in [0.3, 0.4) is 0 Å². The number of imidazole rings is 1. The number of amides is 1. The van der Waals surface area contributed by atoms with E-state index < -0.39 is 5.60 Å². The number of rotatable bonds is 10. The van der Waals surface area contributed by atoms with Crippen LogP contribution in [0.1, 0.15) is 24.7 Å². The average molecular weight is 493 g/mol. The van der Waals surface area contributed by atoms with Crippen LogP contribution < -0.4 is 9.47 Å². The molecule has 1 atom stereocenters. The Kier molecular flexibility index (Phi) is 8.61. The predicted molar refractivity (Wildman–Crippen MR) is 138 cm³/mol. The maximum atomic E-state index is 12.1. The lowest BCUT2D eigenvalue weighted by atomic mass is 10.0. The predicted octanol–water partition coefficient (Wildman–Crippen LogP) is 3.13. The molecule has 8 heteroatoms. The summed E-state index contributed by atoms with van der Waals surface area (Å²) in [5.41, 5.74) is -0.0479. The minimum absolute atomic E-state index is 0.0420. The fourth-order valence-corrected chi connectivity index (χ4v) is 4.49. The summed E-state index contributed by atoms with van der Waals surface area (Å²) in [5.74, 6) is 2.51. The van der Waals surface area contributed by atoms with Crippen molar-refractivity contribution in [3.05, 3.63) is 78.4 Å². The van der Waals surface area contributed by atoms with Crippen molar-refractivity contribution in [3.8, 4) is 11.5 Å². The number of ether oxygens (including phenoxy) is 2. The summed E-state index contributed by atoms with van der Waals surface area (Å²) in [5, 5.41) is 11.4. The minimum Gasteiger partial charge on any atom is -0.494 e. The lowest BCUT2D eigenvalue weighted by molar-refractivity contribution is -0.132. The molecule has 0 saturated carbocycles. The van der Waals surface area contributed by atoms with Crippen molar-refractivity contribution in [3.63, 3.8) is 0 Å². The molecule has 4 rings (SSSR count). The number of β-amino-alcohol motifs (C(OH)–C–C–N with tert-alkyl or cyclic N) is 1. The zero-order valence-electron chi connectivity index (χ0n) is 21.2. The smallest absolute Gasteiger partial charge is 0.219 e. The summed E-state index contributed by atoms with van der Waals surface area (Å²) in [6, 6.07) is 17.5. The van der Waals surface area contributed by atoms with Gasteiger partial charge in [0, 0.05) is 52.0 Å². The van der Waals surface area contributed by atoms with Crippen molar-refractivity contribution in [1.29, 1.82) is 0 Å². The molecule has 1 amide bonds. The molecule has 36 heavy (non-hydrogen) atoms. The molecule has 0 unspecified atom stereocenters. The van der Waals surface area contributed by atoms with Crippen LogP contribution in [0, 0.1) is 6.92 Å². The number of carbonyl (C=O) groups excluding carboxylic acids is 1. The summed E-state index contributed by atoms with van der Waals surface area (Å²) >= 11 is 0. The van der Waals surface area contributed by atoms with Crippen LogP contribution in [0.2, 0.25) is 0 Å². The standard InChI is InChI=1S/C28H36N4O4/c1-23-29-13-15-31(23)14-6-18-35-27-11-9-25(10-12-27)19-30-16-17-32(24(2)33)21-28(34,20-30)22-36-26-7-4-3-5-8-26/h3-5,7-13,15,34H,6,14,16-22H2,1-2H3/t28-/m1/s1. The number of carbonyl (C=O) groups is 1. The SMILES string of the molecule is CC(=O)N1CCN(Cc2ccc(OCCCn3ccnc3C)cc2)C[C@](O)(COc2ccccc2)C1. The first-order valence-corrected chi connectivity index (χ1v) is 12.5. The van der Waals surface area contributed by atoms with Gasteiger partial charge in [0.1, 0.15) is 29.5 Å². The maximum Gasteiger partial charge on any atom is 0.219 e. The fourth-order valence-electron chi connectivity index (χ4n) is 4.49. The molecule has 2 heterocycles. The molecule has 1 N–H and O–H groups in total. The van der Waals surface area contributed by atoms with Gasteiger partial charge in [-0.25, -0.2) is 4.98 Å². The van der Waals surface area contributed by atoms with E-state index in [0.717, 1.165) is 30.1 Å². The Morgan fingerprint density at radius 3 is 2.47 bits per heavy atom. The van der Waals surface area contributed by atoms with Gasteiger partial charge in [-0.3, -0.25) is 9.69 Å². The van der Waals surface area contributed by atoms with Gasteiger partial charge in [0.05, 0.1) is 13.2 Å². The zero-order chi connectivity index (χ0) is 25.4. The Hall–Kier alpha value is -3.36. The summed E-state index contributed by atoms with van der Waals surface area (Å²) in [6.07, 6.45) is 4.70. The molecule has 0 aliphatic carbocycles. The average Bonchev–Trinajstić information content (AvgIpc) is 3.20. The molecule has 1 aromatic heterocycles. The van der Waals surface area contributed by atoms with E-state index >= 15 is 0 Å². The van der Waals surface area contributed by atoms with E-state index in [4.69, 9.17) is 9.47 Å². The van der Waals surface area contributed by atoms with Crippen molar-refractivity contribution in [2.45, 2.75) is 39.0 Å². The van der Waals surface area contributed by atoms with Crippen LogP contribution in [0.4, 0.5) is 0 Å². The molecule has 192 valence electrons. The van der Waals surface area contributed by atoms with Crippen molar-refractivity contribution < 1.29 is 19.4 Å². The molecular weight excluding hydrogens is 456 g/mol. The molecule has 0 spiro atoms. The fraction of sp³-hybridized carbons (Fsp3) is 0.429. The molecule has 8 nitrogen and oxygen atoms in total. The molecular formula is C28H36N4O4. The first kappa shape index (κ1) is 25.7. The Morgan fingerprint density at radius 2 is 1.78 bits per heavy atom. The number of aliphatic hydroxyl groups is 1. The molecule has 1 aliphatic rings. The van der Waals surface area contributed by atoms with Gasteiger partial charge in [-0.1, -0.05) is 30.3 Å². The van der Waals surface area contributed by atoms with Gasteiger partial charge >= 0.3 is 0 Å². The molecule has 1 fully saturated rings. The Morgan fingerprint density at radius 1 is 1.03 bits per heavy atom. The quantitative estimate of drug-likeness (QED) is 0.438. The van der Waals surface area contributed by atoms with E-state index in [1.165, 1.54) is 0 Å². The highest BCUT2D eigenvalue weighted by molar-refractivity contribution is 5.73. The van der Waals surface area contributed by atoms with Crippen LogP contribution in [-0.2, 0) is 17.9 Å². The lowest BCUT2D eigenvalue weighted by Gasteiger charge is -2.32. The Labute approximate surface area is 213 Å². The minimum atomic E-state index is -1.17. The van der Waals surface area contributed by atoms with E-state index in [1.807, 2.05) is 61.8 Å². The second kappa shape index (κ2) is 12.1. The second-order valence-electron chi connectivity index (χ2n) is 9.49. The highest BCUT2D eigenvalue weighted by Gasteiger charge is 2.36. The van der Waals surface area contributed by atoms with Gasteiger partial charge in [-0.15, -0.1) is 0 Å². The number of para-hydroxylation sites is 1. The first-order chi connectivity index (χ1) is 17.4. The van der Waals surface area contributed by atoms with Gasteiger partial charge in [0.15, 0.2) is 0 Å². The third-order valence-electron chi connectivity index (χ3n) is 6.45. The lowest BCUT2D eigenvalue weighted by Crippen LogP contribution is -2.51. The van der Waals surface area contributed by atoms with Crippen LogP contribution in [0.15, 0.2) is 67.0 Å². The van der Waals surface area contributed by atoms with E-state index in [9.17, 15) is 9.90 Å². The summed E-state index contributed by atoms with van der Waals surface area (Å²) in [7, 11) is 0. The molecule has 1 aliphatic heterocycles. The molecule has 2 aromatic carbocycles. The first-order valence-electron chi connectivity index (χ1n) is 12.5. The maximum absolute atomic E-state index is 12.1. The van der Waals surface area contributed by atoms with Gasteiger partial charge in [-0.05, 0) is 43.2 Å². The highest BCUT2D eigenvalue weighted by atomic mass is 16.5. The van der Waals surface area contributed by atoms with Gasteiger partial charge in [-0.2, -0.15) is 0 Å². The molecule has 0 radical (unpaired) electrons. The zero-order valence-corrected chi connectivity index (χ0v) is 21.2. The summed E-state index contributed by atoms with van der Waals surface area (Å²) in [6.45, 7) is 7.75. The van der Waals surface area contributed by atoms with Crippen molar-refractivity contribution >= 4 is 5.91 Å². The third-order valence-corrected chi connectivity index (χ3v) is 6.45. The van der Waals surface area contributed by atoms with E-state index in [1.54, 1.807) is 11.8 Å². The number of hydrogen-bond acceptors (Lipinski definition) is 6. The molecule has 0 bridgehead atoms. The normalized spacial score (nSPS) is 18.6. The second-order valence-corrected chi connectivity index (χ2v) is 9.49. The third kappa shape index (κ3) is 7.32. The van der Waals surface area contributed by atoms with Crippen molar-refractivity contribution in [2.75, 3.05) is 39.4 Å². The highest BCUT2D eigenvalue weighted by Crippen LogP contribution is 2.21. The van der Waals surface area contributed by atoms with E-state index in [-0.39, 0.29) is 19.1 Å². The van der Waals surface area contributed by atoms with Crippen LogP contribution in [0.5, 0.6) is 11.5 Å². The Bertz CT molecular complexity index is 1100. The summed E-state index contributed by atoms with van der Waals surface area (Å²) < 4.78 is 13.9. The number of aryl methyl sites for hydroxylation is 2. The van der Waals surface area contributed by atoms with E-state index in [0.29, 0.717) is 38.5 Å². The van der Waals surface area contributed by atoms with Gasteiger partial charge < -0.3 is 24.0 Å². The van der Waals surface area contributed by atoms with Crippen LogP contribution in [0.25, 0.3) is 0 Å². The topological polar surface area (TPSA) is 80.1 Å².